The van der Waals surface area contributed by atoms with Gasteiger partial charge in [0.1, 0.15) is 0 Å². The molecular weight excluding hydrogens is 148 g/mol. The zero-order valence-corrected chi connectivity index (χ0v) is 8.27. The summed E-state index contributed by atoms with van der Waals surface area (Å²) in [7, 11) is 0. The van der Waals surface area contributed by atoms with Gasteiger partial charge in [-0.15, -0.1) is 0 Å². The minimum Gasteiger partial charge on any atom is -0.315 e. The van der Waals surface area contributed by atoms with Crippen LogP contribution < -0.4 is 5.32 Å². The van der Waals surface area contributed by atoms with Gasteiger partial charge in [-0.1, -0.05) is 6.92 Å². The van der Waals surface area contributed by atoms with Gasteiger partial charge < -0.3 is 10.2 Å². The van der Waals surface area contributed by atoms with Crippen molar-refractivity contribution < 1.29 is 0 Å². The molecule has 0 saturated carbocycles. The van der Waals surface area contributed by atoms with Crippen LogP contribution in [0.3, 0.4) is 0 Å². The molecule has 1 atom stereocenters. The molecule has 0 aromatic carbocycles. The maximum atomic E-state index is 3.39. The standard InChI is InChI=1S/C10H20N2/c1-3-9(2)12-5-4-10(8-12)6-11-7-10/h9,11H,3-8H2,1-2H3. The number of nitrogens with zero attached hydrogens (tertiary/aromatic N) is 1. The maximum absolute atomic E-state index is 3.39. The van der Waals surface area contributed by atoms with Crippen molar-refractivity contribution in [2.45, 2.75) is 32.7 Å². The molecule has 2 aliphatic rings. The highest BCUT2D eigenvalue weighted by Crippen LogP contribution is 2.35. The zero-order chi connectivity index (χ0) is 8.60. The molecule has 12 heavy (non-hydrogen) atoms. The lowest BCUT2D eigenvalue weighted by Crippen LogP contribution is -2.55. The van der Waals surface area contributed by atoms with Crippen LogP contribution in [0.5, 0.6) is 0 Å². The third-order valence-corrected chi connectivity index (χ3v) is 3.68. The van der Waals surface area contributed by atoms with Gasteiger partial charge in [0, 0.05) is 31.1 Å². The Morgan fingerprint density at radius 2 is 2.25 bits per heavy atom. The molecule has 0 bridgehead atoms. The number of hydrogen-bond donors (Lipinski definition) is 1. The minimum atomic E-state index is 0.684. The van der Waals surface area contributed by atoms with Gasteiger partial charge >= 0.3 is 0 Å². The fraction of sp³-hybridized carbons (Fsp3) is 1.00. The fourth-order valence-corrected chi connectivity index (χ4v) is 2.37. The monoisotopic (exact) mass is 168 g/mol. The van der Waals surface area contributed by atoms with Crippen molar-refractivity contribution in [1.82, 2.24) is 10.2 Å². The second-order valence-corrected chi connectivity index (χ2v) is 4.58. The Balaban J connectivity index is 1.89. The highest BCUT2D eigenvalue weighted by atomic mass is 15.2. The summed E-state index contributed by atoms with van der Waals surface area (Å²) >= 11 is 0. The molecule has 1 unspecified atom stereocenters. The van der Waals surface area contributed by atoms with E-state index in [4.69, 9.17) is 0 Å². The van der Waals surface area contributed by atoms with Gasteiger partial charge in [-0.05, 0) is 26.3 Å². The lowest BCUT2D eigenvalue weighted by molar-refractivity contribution is 0.151. The summed E-state index contributed by atoms with van der Waals surface area (Å²) in [4.78, 5) is 2.65. The topological polar surface area (TPSA) is 15.3 Å². The molecule has 2 rings (SSSR count). The van der Waals surface area contributed by atoms with Crippen LogP contribution in [0.1, 0.15) is 26.7 Å². The summed E-state index contributed by atoms with van der Waals surface area (Å²) in [6.07, 6.45) is 2.72. The molecule has 2 heterocycles. The Kier molecular flexibility index (Phi) is 2.13. The second kappa shape index (κ2) is 3.00. The summed E-state index contributed by atoms with van der Waals surface area (Å²) in [5, 5.41) is 3.39. The lowest BCUT2D eigenvalue weighted by Gasteiger charge is -2.39. The molecule has 0 aromatic rings. The third-order valence-electron chi connectivity index (χ3n) is 3.68. The van der Waals surface area contributed by atoms with E-state index in [0.717, 1.165) is 6.04 Å². The Labute approximate surface area is 75.3 Å². The number of nitrogens with one attached hydrogen (secondary N) is 1. The van der Waals surface area contributed by atoms with E-state index in [9.17, 15) is 0 Å². The minimum absolute atomic E-state index is 0.684. The van der Waals surface area contributed by atoms with Crippen LogP contribution in [-0.4, -0.2) is 37.1 Å². The summed E-state index contributed by atoms with van der Waals surface area (Å²) in [6, 6.07) is 0.796. The largest absolute Gasteiger partial charge is 0.315 e. The van der Waals surface area contributed by atoms with E-state index >= 15 is 0 Å². The first-order chi connectivity index (χ1) is 5.76. The fourth-order valence-electron chi connectivity index (χ4n) is 2.37. The first-order valence-electron chi connectivity index (χ1n) is 5.20. The van der Waals surface area contributed by atoms with Gasteiger partial charge in [0.05, 0.1) is 0 Å². The van der Waals surface area contributed by atoms with E-state index < -0.39 is 0 Å². The molecule has 0 amide bonds. The molecule has 1 spiro atoms. The molecular formula is C10H20N2. The van der Waals surface area contributed by atoms with Crippen molar-refractivity contribution in [3.05, 3.63) is 0 Å². The Bertz CT molecular complexity index is 163. The maximum Gasteiger partial charge on any atom is 0.00920 e. The first-order valence-corrected chi connectivity index (χ1v) is 5.20. The number of rotatable bonds is 2. The van der Waals surface area contributed by atoms with Crippen LogP contribution in [0.4, 0.5) is 0 Å². The molecule has 0 aromatic heterocycles. The predicted octanol–water partition coefficient (Wildman–Crippen LogP) is 1.08. The summed E-state index contributed by atoms with van der Waals surface area (Å²) < 4.78 is 0. The van der Waals surface area contributed by atoms with Crippen LogP contribution in [0, 0.1) is 5.41 Å². The van der Waals surface area contributed by atoms with Crippen LogP contribution in [0.25, 0.3) is 0 Å². The molecule has 2 saturated heterocycles. The highest BCUT2D eigenvalue weighted by molar-refractivity contribution is 5.00. The summed E-state index contributed by atoms with van der Waals surface area (Å²) in [5.74, 6) is 0. The molecule has 70 valence electrons. The van der Waals surface area contributed by atoms with E-state index in [0.29, 0.717) is 5.41 Å². The van der Waals surface area contributed by atoms with Crippen molar-refractivity contribution in [1.29, 1.82) is 0 Å². The third kappa shape index (κ3) is 1.27. The van der Waals surface area contributed by atoms with Crippen molar-refractivity contribution >= 4 is 0 Å². The van der Waals surface area contributed by atoms with Gasteiger partial charge in [-0.25, -0.2) is 0 Å². The van der Waals surface area contributed by atoms with Crippen molar-refractivity contribution in [2.75, 3.05) is 26.2 Å². The Morgan fingerprint density at radius 1 is 1.50 bits per heavy atom. The quantitative estimate of drug-likeness (QED) is 0.664. The van der Waals surface area contributed by atoms with Crippen LogP contribution in [0.15, 0.2) is 0 Å². The SMILES string of the molecule is CCC(C)N1CCC2(CNC2)C1. The highest BCUT2D eigenvalue weighted by Gasteiger charge is 2.43. The van der Waals surface area contributed by atoms with Gasteiger partial charge in [0.2, 0.25) is 0 Å². The van der Waals surface area contributed by atoms with Crippen molar-refractivity contribution in [2.24, 2.45) is 5.41 Å². The summed E-state index contributed by atoms with van der Waals surface area (Å²) in [6.45, 7) is 9.84. The van der Waals surface area contributed by atoms with Gasteiger partial charge in [0.25, 0.3) is 0 Å². The zero-order valence-electron chi connectivity index (χ0n) is 8.27. The van der Waals surface area contributed by atoms with E-state index in [2.05, 4.69) is 24.1 Å². The van der Waals surface area contributed by atoms with Crippen molar-refractivity contribution in [3.63, 3.8) is 0 Å². The molecule has 2 nitrogen and oxygen atoms in total. The number of likely N-dealkylation sites (tertiary alicyclic amines) is 1. The first kappa shape index (κ1) is 8.52. The molecule has 1 N–H and O–H groups in total. The molecule has 0 aliphatic carbocycles. The molecule has 2 heteroatoms. The Morgan fingerprint density at radius 3 is 2.67 bits per heavy atom. The normalized spacial score (nSPS) is 30.5. The van der Waals surface area contributed by atoms with E-state index in [1.54, 1.807) is 0 Å². The summed E-state index contributed by atoms with van der Waals surface area (Å²) in [5.41, 5.74) is 0.684. The average molecular weight is 168 g/mol. The second-order valence-electron chi connectivity index (χ2n) is 4.58. The average Bonchev–Trinajstić information content (AvgIpc) is 2.46. The van der Waals surface area contributed by atoms with Crippen LogP contribution in [-0.2, 0) is 0 Å². The Hall–Kier alpha value is -0.0800. The smallest absolute Gasteiger partial charge is 0.00920 e. The van der Waals surface area contributed by atoms with E-state index in [-0.39, 0.29) is 0 Å². The molecule has 0 radical (unpaired) electrons. The number of hydrogen-bond acceptors (Lipinski definition) is 2. The van der Waals surface area contributed by atoms with Crippen LogP contribution in [0.2, 0.25) is 0 Å². The van der Waals surface area contributed by atoms with Crippen LogP contribution >= 0.6 is 0 Å². The lowest BCUT2D eigenvalue weighted by atomic mass is 9.81. The van der Waals surface area contributed by atoms with Gasteiger partial charge in [-0.2, -0.15) is 0 Å². The van der Waals surface area contributed by atoms with E-state index in [1.165, 1.54) is 39.0 Å². The van der Waals surface area contributed by atoms with Crippen molar-refractivity contribution in [3.8, 4) is 0 Å². The molecule has 2 aliphatic heterocycles. The van der Waals surface area contributed by atoms with Gasteiger partial charge in [0.15, 0.2) is 0 Å². The van der Waals surface area contributed by atoms with E-state index in [1.807, 2.05) is 0 Å². The predicted molar refractivity (Wildman–Crippen MR) is 51.2 cm³/mol. The molecule has 2 fully saturated rings. The van der Waals surface area contributed by atoms with Gasteiger partial charge in [-0.3, -0.25) is 0 Å².